The Morgan fingerprint density at radius 1 is 1.50 bits per heavy atom. The van der Waals surface area contributed by atoms with Crippen molar-refractivity contribution >= 4 is 17.7 Å². The molecule has 1 aromatic carbocycles. The van der Waals surface area contributed by atoms with E-state index in [2.05, 4.69) is 5.32 Å². The highest BCUT2D eigenvalue weighted by atomic mass is 32.2. The molecule has 0 radical (unpaired) electrons. The van der Waals surface area contributed by atoms with Gasteiger partial charge in [0.2, 0.25) is 5.91 Å². The first kappa shape index (κ1) is 13.4. The number of nitrogens with one attached hydrogen (secondary N) is 1. The molecule has 2 rings (SSSR count). The number of likely N-dealkylation sites (N-methyl/N-ethyl adjacent to an activating group) is 1. The van der Waals surface area contributed by atoms with Gasteiger partial charge >= 0.3 is 0 Å². The molecule has 0 spiro atoms. The quantitative estimate of drug-likeness (QED) is 0.910. The molecule has 0 aromatic heterocycles. The molecular formula is C13H17FN2OS. The molecule has 1 N–H and O–H groups in total. The Kier molecular flexibility index (Phi) is 4.24. The average molecular weight is 268 g/mol. The summed E-state index contributed by atoms with van der Waals surface area (Å²) in [5, 5.41) is 3.16. The maximum Gasteiger partial charge on any atom is 0.240 e. The van der Waals surface area contributed by atoms with Crippen molar-refractivity contribution in [3.63, 3.8) is 0 Å². The Morgan fingerprint density at radius 3 is 2.72 bits per heavy atom. The Balaban J connectivity index is 2.05. The van der Waals surface area contributed by atoms with Gasteiger partial charge in [-0.15, -0.1) is 11.8 Å². The lowest BCUT2D eigenvalue weighted by molar-refractivity contribution is -0.133. The van der Waals surface area contributed by atoms with E-state index in [0.717, 1.165) is 17.2 Å². The van der Waals surface area contributed by atoms with E-state index in [1.54, 1.807) is 35.8 Å². The first-order chi connectivity index (χ1) is 8.59. The van der Waals surface area contributed by atoms with Gasteiger partial charge in [0.05, 0.1) is 12.1 Å². The number of benzene rings is 1. The molecule has 1 aliphatic heterocycles. The number of thioether (sulfide) groups is 1. The zero-order valence-electron chi connectivity index (χ0n) is 10.5. The summed E-state index contributed by atoms with van der Waals surface area (Å²) in [6, 6.07) is 6.15. The molecule has 5 heteroatoms. The molecule has 0 saturated carbocycles. The lowest BCUT2D eigenvalue weighted by Crippen LogP contribution is -2.44. The summed E-state index contributed by atoms with van der Waals surface area (Å²) in [5.74, 6) is 1.49. The normalized spacial score (nSPS) is 20.7. The molecular weight excluding hydrogens is 251 g/mol. The van der Waals surface area contributed by atoms with Crippen LogP contribution in [0.15, 0.2) is 24.3 Å². The van der Waals surface area contributed by atoms with Gasteiger partial charge in [0, 0.05) is 18.7 Å². The van der Waals surface area contributed by atoms with Gasteiger partial charge in [0.15, 0.2) is 0 Å². The molecule has 0 aliphatic carbocycles. The van der Waals surface area contributed by atoms with Gasteiger partial charge in [-0.05, 0) is 24.6 Å². The number of hydrogen-bond donors (Lipinski definition) is 1. The fourth-order valence-corrected chi connectivity index (χ4v) is 2.89. The zero-order valence-corrected chi connectivity index (χ0v) is 11.3. The fourth-order valence-electron chi connectivity index (χ4n) is 1.96. The van der Waals surface area contributed by atoms with Crippen LogP contribution in [0.1, 0.15) is 18.5 Å². The van der Waals surface area contributed by atoms with Crippen LogP contribution in [0.25, 0.3) is 0 Å². The first-order valence-electron chi connectivity index (χ1n) is 5.93. The van der Waals surface area contributed by atoms with E-state index in [4.69, 9.17) is 0 Å². The van der Waals surface area contributed by atoms with Crippen LogP contribution in [0.2, 0.25) is 0 Å². The second kappa shape index (κ2) is 5.71. The molecule has 1 aromatic rings. The van der Waals surface area contributed by atoms with Crippen LogP contribution in [-0.4, -0.2) is 35.5 Å². The SMILES string of the molecule is CC(c1ccc(F)cc1)N(C)C(=O)C1CSCN1. The minimum absolute atomic E-state index is 0.0505. The van der Waals surface area contributed by atoms with Crippen molar-refractivity contribution < 1.29 is 9.18 Å². The van der Waals surface area contributed by atoms with Gasteiger partial charge in [0.1, 0.15) is 5.82 Å². The van der Waals surface area contributed by atoms with E-state index in [1.165, 1.54) is 12.1 Å². The molecule has 18 heavy (non-hydrogen) atoms. The smallest absolute Gasteiger partial charge is 0.240 e. The highest BCUT2D eigenvalue weighted by Gasteiger charge is 2.28. The minimum Gasteiger partial charge on any atom is -0.338 e. The van der Waals surface area contributed by atoms with Crippen molar-refractivity contribution in [3.05, 3.63) is 35.6 Å². The van der Waals surface area contributed by atoms with Gasteiger partial charge < -0.3 is 4.90 Å². The highest BCUT2D eigenvalue weighted by molar-refractivity contribution is 7.99. The number of halogens is 1. The second-order valence-corrected chi connectivity index (χ2v) is 5.48. The second-order valence-electron chi connectivity index (χ2n) is 4.45. The Bertz CT molecular complexity index is 418. The van der Waals surface area contributed by atoms with Crippen molar-refractivity contribution in [1.29, 1.82) is 0 Å². The molecule has 3 nitrogen and oxygen atoms in total. The van der Waals surface area contributed by atoms with E-state index >= 15 is 0 Å². The lowest BCUT2D eigenvalue weighted by Gasteiger charge is -2.27. The van der Waals surface area contributed by atoms with Crippen LogP contribution in [0.4, 0.5) is 4.39 Å². The molecule has 98 valence electrons. The number of amides is 1. The molecule has 1 saturated heterocycles. The van der Waals surface area contributed by atoms with Gasteiger partial charge in [-0.3, -0.25) is 10.1 Å². The van der Waals surface area contributed by atoms with Crippen molar-refractivity contribution in [2.45, 2.75) is 19.0 Å². The van der Waals surface area contributed by atoms with Gasteiger partial charge in [-0.1, -0.05) is 12.1 Å². The van der Waals surface area contributed by atoms with Crippen molar-refractivity contribution in [1.82, 2.24) is 10.2 Å². The van der Waals surface area contributed by atoms with Crippen LogP contribution in [0.3, 0.4) is 0 Å². The van der Waals surface area contributed by atoms with Gasteiger partial charge in [-0.25, -0.2) is 4.39 Å². The maximum absolute atomic E-state index is 12.9. The number of rotatable bonds is 3. The molecule has 0 bridgehead atoms. The summed E-state index contributed by atoms with van der Waals surface area (Å²) in [6.45, 7) is 1.95. The zero-order chi connectivity index (χ0) is 13.1. The Labute approximate surface area is 111 Å². The van der Waals surface area contributed by atoms with Crippen LogP contribution in [-0.2, 0) is 4.79 Å². The summed E-state index contributed by atoms with van der Waals surface area (Å²) in [5.41, 5.74) is 0.943. The maximum atomic E-state index is 12.9. The van der Waals surface area contributed by atoms with E-state index in [9.17, 15) is 9.18 Å². The molecule has 1 amide bonds. The van der Waals surface area contributed by atoms with Crippen LogP contribution in [0.5, 0.6) is 0 Å². The third-order valence-corrected chi connectivity index (χ3v) is 4.24. The summed E-state index contributed by atoms with van der Waals surface area (Å²) in [4.78, 5) is 13.9. The summed E-state index contributed by atoms with van der Waals surface area (Å²) >= 11 is 1.73. The van der Waals surface area contributed by atoms with E-state index in [-0.39, 0.29) is 23.8 Å². The molecule has 1 aliphatic rings. The number of nitrogens with zero attached hydrogens (tertiary/aromatic N) is 1. The highest BCUT2D eigenvalue weighted by Crippen LogP contribution is 2.21. The average Bonchev–Trinajstić information content (AvgIpc) is 2.91. The fraction of sp³-hybridized carbons (Fsp3) is 0.462. The van der Waals surface area contributed by atoms with E-state index in [0.29, 0.717) is 0 Å². The minimum atomic E-state index is -0.256. The van der Waals surface area contributed by atoms with Gasteiger partial charge in [0.25, 0.3) is 0 Å². The first-order valence-corrected chi connectivity index (χ1v) is 7.08. The largest absolute Gasteiger partial charge is 0.338 e. The summed E-state index contributed by atoms with van der Waals surface area (Å²) in [6.07, 6.45) is 0. The number of carbonyl (C=O) groups is 1. The summed E-state index contributed by atoms with van der Waals surface area (Å²) < 4.78 is 12.9. The topological polar surface area (TPSA) is 32.3 Å². The lowest BCUT2D eigenvalue weighted by atomic mass is 10.1. The third-order valence-electron chi connectivity index (χ3n) is 3.30. The standard InChI is InChI=1S/C13H17FN2OS/c1-9(10-3-5-11(14)6-4-10)16(2)13(17)12-7-18-8-15-12/h3-6,9,12,15H,7-8H2,1-2H3. The van der Waals surface area contributed by atoms with E-state index in [1.807, 2.05) is 6.92 Å². The predicted octanol–water partition coefficient (Wildman–Crippen LogP) is 2.01. The number of hydrogen-bond acceptors (Lipinski definition) is 3. The molecule has 1 fully saturated rings. The summed E-state index contributed by atoms with van der Waals surface area (Å²) in [7, 11) is 1.79. The van der Waals surface area contributed by atoms with E-state index < -0.39 is 0 Å². The van der Waals surface area contributed by atoms with Crippen molar-refractivity contribution in [3.8, 4) is 0 Å². The Morgan fingerprint density at radius 2 is 2.17 bits per heavy atom. The molecule has 1 heterocycles. The van der Waals surface area contributed by atoms with Crippen LogP contribution < -0.4 is 5.32 Å². The number of carbonyl (C=O) groups excluding carboxylic acids is 1. The monoisotopic (exact) mass is 268 g/mol. The van der Waals surface area contributed by atoms with Gasteiger partial charge in [-0.2, -0.15) is 0 Å². The third kappa shape index (κ3) is 2.84. The molecule has 2 unspecified atom stereocenters. The van der Waals surface area contributed by atoms with Crippen LogP contribution in [0, 0.1) is 5.82 Å². The molecule has 2 atom stereocenters. The van der Waals surface area contributed by atoms with Crippen LogP contribution >= 0.6 is 11.8 Å². The van der Waals surface area contributed by atoms with Crippen molar-refractivity contribution in [2.75, 3.05) is 18.7 Å². The Hall–Kier alpha value is -1.07. The predicted molar refractivity (Wildman–Crippen MR) is 71.8 cm³/mol. The van der Waals surface area contributed by atoms with Crippen molar-refractivity contribution in [2.24, 2.45) is 0 Å².